The summed E-state index contributed by atoms with van der Waals surface area (Å²) in [6.07, 6.45) is 0.292. The zero-order chi connectivity index (χ0) is 30.1. The van der Waals surface area contributed by atoms with E-state index in [9.17, 15) is 18.4 Å². The number of dihydropyridines is 1. The van der Waals surface area contributed by atoms with Crippen LogP contribution >= 0.6 is 0 Å². The van der Waals surface area contributed by atoms with Crippen LogP contribution in [0.5, 0.6) is 0 Å². The van der Waals surface area contributed by atoms with E-state index >= 15 is 4.39 Å². The number of pyridine rings is 1. The van der Waals surface area contributed by atoms with Crippen molar-refractivity contribution in [2.24, 2.45) is 10.9 Å². The lowest BCUT2D eigenvalue weighted by molar-refractivity contribution is -0.117. The van der Waals surface area contributed by atoms with Crippen molar-refractivity contribution in [3.63, 3.8) is 0 Å². The molecule has 0 saturated carbocycles. The predicted molar refractivity (Wildman–Crippen MR) is 156 cm³/mol. The average Bonchev–Trinajstić information content (AvgIpc) is 2.94. The first kappa shape index (κ1) is 29.7. The van der Waals surface area contributed by atoms with Gasteiger partial charge in [-0.05, 0) is 52.1 Å². The van der Waals surface area contributed by atoms with Gasteiger partial charge in [-0.25, -0.2) is 23.1 Å². The average molecular weight is 585 g/mol. The van der Waals surface area contributed by atoms with Gasteiger partial charge < -0.3 is 24.8 Å². The fraction of sp³-hybridized carbons (Fsp3) is 0.467. The fourth-order valence-electron chi connectivity index (χ4n) is 5.64. The van der Waals surface area contributed by atoms with Crippen molar-refractivity contribution in [1.29, 1.82) is 0 Å². The van der Waals surface area contributed by atoms with Gasteiger partial charge in [0, 0.05) is 74.0 Å². The third kappa shape index (κ3) is 6.34. The number of rotatable bonds is 6. The second kappa shape index (κ2) is 12.2. The van der Waals surface area contributed by atoms with Crippen LogP contribution in [0.1, 0.15) is 20.8 Å². The van der Waals surface area contributed by atoms with Crippen molar-refractivity contribution in [3.05, 3.63) is 47.9 Å². The van der Waals surface area contributed by atoms with E-state index in [1.165, 1.54) is 12.1 Å². The lowest BCUT2D eigenvalue weighted by Crippen LogP contribution is -2.50. The lowest BCUT2D eigenvalue weighted by atomic mass is 9.96. The Hall–Kier alpha value is -3.77. The van der Waals surface area contributed by atoms with Crippen LogP contribution in [0.15, 0.2) is 47.1 Å². The summed E-state index contributed by atoms with van der Waals surface area (Å²) in [6.45, 7) is 9.30. The number of carbonyl (C=O) groups is 2. The van der Waals surface area contributed by atoms with Gasteiger partial charge in [0.25, 0.3) is 12.3 Å². The molecule has 42 heavy (non-hydrogen) atoms. The number of likely N-dealkylation sites (N-methyl/N-ethyl adjacent to an activating group) is 1. The minimum atomic E-state index is -3.01. The molecule has 3 aliphatic rings. The van der Waals surface area contributed by atoms with Crippen molar-refractivity contribution >= 4 is 35.2 Å². The number of piperazine rings is 1. The molecule has 1 unspecified atom stereocenters. The van der Waals surface area contributed by atoms with Gasteiger partial charge in [0.05, 0.1) is 23.6 Å². The molecule has 224 valence electrons. The lowest BCUT2D eigenvalue weighted by Gasteiger charge is -2.40. The maximum absolute atomic E-state index is 15.7. The number of halogens is 3. The number of aromatic nitrogens is 1. The number of alkyl halides is 2. The van der Waals surface area contributed by atoms with Crippen LogP contribution in [0, 0.1) is 11.7 Å². The number of ether oxygens (including phenoxy) is 1. The molecule has 1 aromatic heterocycles. The van der Waals surface area contributed by atoms with Gasteiger partial charge in [-0.1, -0.05) is 0 Å². The van der Waals surface area contributed by atoms with Crippen molar-refractivity contribution < 1.29 is 27.5 Å². The van der Waals surface area contributed by atoms with Crippen LogP contribution in [0.3, 0.4) is 0 Å². The highest BCUT2D eigenvalue weighted by Crippen LogP contribution is 2.36. The van der Waals surface area contributed by atoms with E-state index in [0.29, 0.717) is 43.5 Å². The number of nitrogens with zero attached hydrogens (tertiary/aromatic N) is 5. The van der Waals surface area contributed by atoms with Crippen LogP contribution < -0.4 is 15.1 Å². The van der Waals surface area contributed by atoms with Crippen molar-refractivity contribution in [1.82, 2.24) is 9.88 Å². The Morgan fingerprint density at radius 3 is 2.45 bits per heavy atom. The first-order valence-corrected chi connectivity index (χ1v) is 14.0. The van der Waals surface area contributed by atoms with Crippen molar-refractivity contribution in [2.75, 3.05) is 54.9 Å². The number of hydrogen-bond acceptors (Lipinski definition) is 7. The molecular formula is C30H35F3N6O3. The molecule has 2 saturated heterocycles. The molecule has 1 aromatic carbocycles. The molecule has 0 radical (unpaired) electrons. The van der Waals surface area contributed by atoms with E-state index in [4.69, 9.17) is 4.74 Å². The van der Waals surface area contributed by atoms with Gasteiger partial charge >= 0.3 is 0 Å². The maximum atomic E-state index is 15.7. The number of aliphatic imine (C=N–C) groups is 1. The Bertz CT molecular complexity index is 1390. The molecule has 5 rings (SSSR count). The van der Waals surface area contributed by atoms with Gasteiger partial charge in [-0.3, -0.25) is 9.59 Å². The van der Waals surface area contributed by atoms with E-state index < -0.39 is 35.5 Å². The summed E-state index contributed by atoms with van der Waals surface area (Å²) in [7, 11) is 2.01. The SMILES string of the molecule is C[C@@H]1CN(c2ccc(-c3cc(NC(=O)C4C=NC(=O)C=C4C(F)F)c(N4CCN(C)[C@@H](C)C4)cc3F)cn2)C[C@H](C)O1. The summed E-state index contributed by atoms with van der Waals surface area (Å²) in [5.41, 5.74) is 0.786. The Kier molecular flexibility index (Phi) is 8.65. The van der Waals surface area contributed by atoms with E-state index in [1.807, 2.05) is 38.8 Å². The molecule has 3 aliphatic heterocycles. The van der Waals surface area contributed by atoms with Crippen LogP contribution in [-0.2, 0) is 14.3 Å². The molecule has 1 N–H and O–H groups in total. The monoisotopic (exact) mass is 584 g/mol. The largest absolute Gasteiger partial charge is 0.372 e. The number of amides is 2. The van der Waals surface area contributed by atoms with Gasteiger partial charge in [-0.2, -0.15) is 0 Å². The van der Waals surface area contributed by atoms with Gasteiger partial charge in [0.1, 0.15) is 17.6 Å². The maximum Gasteiger partial charge on any atom is 0.269 e. The summed E-state index contributed by atoms with van der Waals surface area (Å²) in [6, 6.07) is 6.63. The van der Waals surface area contributed by atoms with Crippen LogP contribution in [-0.4, -0.2) is 92.4 Å². The van der Waals surface area contributed by atoms with E-state index in [1.54, 1.807) is 12.3 Å². The molecule has 0 aliphatic carbocycles. The summed E-state index contributed by atoms with van der Waals surface area (Å²) in [5, 5.41) is 2.73. The van der Waals surface area contributed by atoms with Crippen molar-refractivity contribution in [2.45, 2.75) is 45.4 Å². The molecule has 0 bridgehead atoms. The Balaban J connectivity index is 1.48. The van der Waals surface area contributed by atoms with E-state index in [-0.39, 0.29) is 29.5 Å². The first-order valence-electron chi connectivity index (χ1n) is 14.0. The third-order valence-electron chi connectivity index (χ3n) is 7.98. The number of carbonyl (C=O) groups excluding carboxylic acids is 2. The summed E-state index contributed by atoms with van der Waals surface area (Å²) in [5.74, 6) is -2.83. The predicted octanol–water partition coefficient (Wildman–Crippen LogP) is 4.00. The number of morpholine rings is 1. The summed E-state index contributed by atoms with van der Waals surface area (Å²) >= 11 is 0. The Labute approximate surface area is 243 Å². The second-order valence-electron chi connectivity index (χ2n) is 11.2. The molecule has 2 aromatic rings. The molecule has 4 atom stereocenters. The molecular weight excluding hydrogens is 549 g/mol. The quantitative estimate of drug-likeness (QED) is 0.549. The van der Waals surface area contributed by atoms with E-state index in [2.05, 4.69) is 25.1 Å². The summed E-state index contributed by atoms with van der Waals surface area (Å²) < 4.78 is 48.9. The molecule has 0 spiro atoms. The van der Waals surface area contributed by atoms with Crippen molar-refractivity contribution in [3.8, 4) is 11.1 Å². The van der Waals surface area contributed by atoms with Gasteiger partial charge in [0.15, 0.2) is 0 Å². The standard InChI is InChI=1S/C30H35F3N6O3/c1-17-14-38(8-7-37(17)4)26-11-24(31)21(20-5-6-27(34-12-20)39-15-18(2)42-19(3)16-39)9-25(26)36-30(41)23-13-35-28(40)10-22(23)29(32)33/h5-6,9-13,17-19,23,29H,7-8,14-16H2,1-4H3,(H,36,41)/t17-,18-,19+,23?/m0/s1. The zero-order valence-corrected chi connectivity index (χ0v) is 24.1. The van der Waals surface area contributed by atoms with Crippen LogP contribution in [0.2, 0.25) is 0 Å². The van der Waals surface area contributed by atoms with E-state index in [0.717, 1.165) is 18.6 Å². The summed E-state index contributed by atoms with van der Waals surface area (Å²) in [4.78, 5) is 39.3. The Morgan fingerprint density at radius 2 is 1.81 bits per heavy atom. The minimum absolute atomic E-state index is 0.0523. The highest BCUT2D eigenvalue weighted by molar-refractivity contribution is 6.11. The Morgan fingerprint density at radius 1 is 1.07 bits per heavy atom. The highest BCUT2D eigenvalue weighted by Gasteiger charge is 2.32. The molecule has 4 heterocycles. The normalized spacial score (nSPS) is 25.1. The van der Waals surface area contributed by atoms with Gasteiger partial charge in [0.2, 0.25) is 5.91 Å². The topological polar surface area (TPSA) is 90.4 Å². The zero-order valence-electron chi connectivity index (χ0n) is 24.1. The smallest absolute Gasteiger partial charge is 0.269 e. The molecule has 2 fully saturated rings. The third-order valence-corrected chi connectivity index (χ3v) is 7.98. The van der Waals surface area contributed by atoms with Crippen LogP contribution in [0.25, 0.3) is 11.1 Å². The molecule has 9 nitrogen and oxygen atoms in total. The number of anilines is 3. The van der Waals surface area contributed by atoms with Crippen LogP contribution in [0.4, 0.5) is 30.4 Å². The molecule has 2 amide bonds. The number of nitrogens with one attached hydrogen (secondary N) is 1. The highest BCUT2D eigenvalue weighted by atomic mass is 19.3. The number of benzene rings is 1. The van der Waals surface area contributed by atoms with Gasteiger partial charge in [-0.15, -0.1) is 0 Å². The first-order chi connectivity index (χ1) is 20.0. The molecule has 12 heteroatoms. The fourth-order valence-corrected chi connectivity index (χ4v) is 5.64. The minimum Gasteiger partial charge on any atom is -0.372 e. The number of hydrogen-bond donors (Lipinski definition) is 1. The second-order valence-corrected chi connectivity index (χ2v) is 11.2.